The van der Waals surface area contributed by atoms with Crippen LogP contribution in [-0.2, 0) is 11.3 Å². The van der Waals surface area contributed by atoms with Crippen molar-refractivity contribution in [2.75, 3.05) is 11.4 Å². The van der Waals surface area contributed by atoms with Crippen molar-refractivity contribution in [1.82, 2.24) is 10.3 Å². The fourth-order valence-electron chi connectivity index (χ4n) is 3.26. The molecule has 4 rings (SSSR count). The molecule has 1 N–H and O–H groups in total. The Balaban J connectivity index is 1.42. The van der Waals surface area contributed by atoms with E-state index in [0.717, 1.165) is 21.2 Å². The van der Waals surface area contributed by atoms with Crippen molar-refractivity contribution in [3.63, 3.8) is 0 Å². The molecule has 0 unspecified atom stereocenters. The van der Waals surface area contributed by atoms with E-state index in [9.17, 15) is 9.59 Å². The molecule has 3 aromatic rings. The molecule has 0 atom stereocenters. The summed E-state index contributed by atoms with van der Waals surface area (Å²) >= 11 is 1.50. The van der Waals surface area contributed by atoms with Crippen LogP contribution < -0.4 is 10.2 Å². The van der Waals surface area contributed by atoms with E-state index in [1.807, 2.05) is 66.7 Å². The lowest BCUT2D eigenvalue weighted by molar-refractivity contribution is -0.121. The van der Waals surface area contributed by atoms with Gasteiger partial charge in [-0.25, -0.2) is 4.98 Å². The summed E-state index contributed by atoms with van der Waals surface area (Å²) in [4.78, 5) is 32.5. The van der Waals surface area contributed by atoms with Crippen LogP contribution in [0.15, 0.2) is 82.8 Å². The van der Waals surface area contributed by atoms with Crippen LogP contribution in [0.1, 0.15) is 28.8 Å². The molecule has 0 saturated carbocycles. The molecule has 6 heteroatoms. The van der Waals surface area contributed by atoms with E-state index in [0.29, 0.717) is 31.5 Å². The molecule has 0 fully saturated rings. The van der Waals surface area contributed by atoms with Gasteiger partial charge < -0.3 is 10.2 Å². The monoisotopic (exact) mass is 403 g/mol. The van der Waals surface area contributed by atoms with E-state index in [-0.39, 0.29) is 11.8 Å². The molecule has 5 nitrogen and oxygen atoms in total. The van der Waals surface area contributed by atoms with E-state index in [4.69, 9.17) is 0 Å². The number of carbonyl (C=O) groups excluding carboxylic acids is 2. The van der Waals surface area contributed by atoms with E-state index < -0.39 is 0 Å². The van der Waals surface area contributed by atoms with Gasteiger partial charge in [0.2, 0.25) is 5.91 Å². The van der Waals surface area contributed by atoms with Crippen molar-refractivity contribution in [3.05, 3.63) is 84.1 Å². The van der Waals surface area contributed by atoms with Gasteiger partial charge in [-0.15, -0.1) is 0 Å². The Morgan fingerprint density at radius 1 is 1.00 bits per heavy atom. The first-order chi connectivity index (χ1) is 14.2. The zero-order valence-electron chi connectivity index (χ0n) is 15.9. The van der Waals surface area contributed by atoms with E-state index in [2.05, 4.69) is 10.3 Å². The Hall–Kier alpha value is -3.12. The highest BCUT2D eigenvalue weighted by Crippen LogP contribution is 2.39. The fraction of sp³-hybridized carbons (Fsp3) is 0.174. The average molecular weight is 404 g/mol. The van der Waals surface area contributed by atoms with Crippen LogP contribution in [0.3, 0.4) is 0 Å². The normalized spacial score (nSPS) is 12.7. The summed E-state index contributed by atoms with van der Waals surface area (Å²) in [5.74, 6) is -0.0677. The van der Waals surface area contributed by atoms with E-state index in [1.165, 1.54) is 11.8 Å². The van der Waals surface area contributed by atoms with Crippen molar-refractivity contribution >= 4 is 29.3 Å². The first-order valence-corrected chi connectivity index (χ1v) is 10.4. The van der Waals surface area contributed by atoms with E-state index in [1.54, 1.807) is 11.1 Å². The highest BCUT2D eigenvalue weighted by atomic mass is 32.2. The number of nitrogens with one attached hydrogen (secondary N) is 1. The maximum atomic E-state index is 13.2. The van der Waals surface area contributed by atoms with Crippen LogP contribution in [0, 0.1) is 0 Å². The average Bonchev–Trinajstić information content (AvgIpc) is 2.88. The van der Waals surface area contributed by atoms with Crippen LogP contribution >= 0.6 is 11.8 Å². The molecule has 0 radical (unpaired) electrons. The summed E-state index contributed by atoms with van der Waals surface area (Å²) in [6.07, 6.45) is 2.67. The Bertz CT molecular complexity index is 1020. The summed E-state index contributed by atoms with van der Waals surface area (Å²) in [7, 11) is 0. The number of rotatable bonds is 6. The predicted molar refractivity (Wildman–Crippen MR) is 114 cm³/mol. The standard InChI is InChI=1S/C23H21N3O2S/c27-21(25-16-17-8-2-1-3-9-17)13-7-15-26-19-11-6-14-24-22(19)29-20-12-5-4-10-18(20)23(26)28/h1-6,8-12,14H,7,13,15-16H2,(H,25,27). The topological polar surface area (TPSA) is 62.3 Å². The lowest BCUT2D eigenvalue weighted by atomic mass is 10.1. The lowest BCUT2D eigenvalue weighted by Gasteiger charge is -2.22. The van der Waals surface area contributed by atoms with Crippen LogP contribution in [0.5, 0.6) is 0 Å². The zero-order valence-corrected chi connectivity index (χ0v) is 16.7. The van der Waals surface area contributed by atoms with Crippen molar-refractivity contribution in [3.8, 4) is 0 Å². The zero-order chi connectivity index (χ0) is 20.1. The molecule has 0 aliphatic carbocycles. The Morgan fingerprint density at radius 2 is 1.79 bits per heavy atom. The molecular weight excluding hydrogens is 382 g/mol. The number of hydrogen-bond donors (Lipinski definition) is 1. The summed E-state index contributed by atoms with van der Waals surface area (Å²) in [5, 5.41) is 3.74. The maximum Gasteiger partial charge on any atom is 0.259 e. The summed E-state index contributed by atoms with van der Waals surface area (Å²) in [6, 6.07) is 21.1. The van der Waals surface area contributed by atoms with Crippen molar-refractivity contribution in [1.29, 1.82) is 0 Å². The first kappa shape index (κ1) is 19.2. The first-order valence-electron chi connectivity index (χ1n) is 9.57. The molecule has 2 aromatic carbocycles. The molecule has 29 heavy (non-hydrogen) atoms. The van der Waals surface area contributed by atoms with Gasteiger partial charge >= 0.3 is 0 Å². The van der Waals surface area contributed by atoms with Gasteiger partial charge in [-0.05, 0) is 36.2 Å². The van der Waals surface area contributed by atoms with Gasteiger partial charge in [-0.3, -0.25) is 9.59 Å². The highest BCUT2D eigenvalue weighted by molar-refractivity contribution is 7.99. The minimum atomic E-state index is -0.0513. The third-order valence-electron chi connectivity index (χ3n) is 4.73. The third-order valence-corrected chi connectivity index (χ3v) is 5.81. The predicted octanol–water partition coefficient (Wildman–Crippen LogP) is 4.29. The number of hydrogen-bond acceptors (Lipinski definition) is 4. The fourth-order valence-corrected chi connectivity index (χ4v) is 4.28. The van der Waals surface area contributed by atoms with Gasteiger partial charge in [0, 0.05) is 30.6 Å². The molecule has 0 bridgehead atoms. The molecule has 2 amide bonds. The second-order valence-corrected chi connectivity index (χ2v) is 7.78. The van der Waals surface area contributed by atoms with Gasteiger partial charge in [0.15, 0.2) is 0 Å². The van der Waals surface area contributed by atoms with Crippen molar-refractivity contribution in [2.45, 2.75) is 29.3 Å². The van der Waals surface area contributed by atoms with Gasteiger partial charge in [0.25, 0.3) is 5.91 Å². The Kier molecular flexibility index (Phi) is 5.91. The second-order valence-electron chi connectivity index (χ2n) is 6.75. The van der Waals surface area contributed by atoms with Gasteiger partial charge in [0.1, 0.15) is 5.03 Å². The number of aromatic nitrogens is 1. The number of anilines is 1. The minimum Gasteiger partial charge on any atom is -0.352 e. The van der Waals surface area contributed by atoms with Crippen molar-refractivity contribution < 1.29 is 9.59 Å². The number of pyridine rings is 1. The molecule has 1 aliphatic heterocycles. The smallest absolute Gasteiger partial charge is 0.259 e. The molecule has 0 spiro atoms. The van der Waals surface area contributed by atoms with Gasteiger partial charge in [-0.2, -0.15) is 0 Å². The van der Waals surface area contributed by atoms with E-state index >= 15 is 0 Å². The summed E-state index contributed by atoms with van der Waals surface area (Å²) in [6.45, 7) is 0.976. The molecule has 1 aromatic heterocycles. The Morgan fingerprint density at radius 3 is 2.66 bits per heavy atom. The maximum absolute atomic E-state index is 13.2. The molecule has 1 aliphatic rings. The molecule has 0 saturated heterocycles. The SMILES string of the molecule is O=C(CCCN1C(=O)c2ccccc2Sc2ncccc21)NCc1ccccc1. The third kappa shape index (κ3) is 4.49. The minimum absolute atomic E-state index is 0.0164. The number of amides is 2. The van der Waals surface area contributed by atoms with Crippen LogP contribution in [0.4, 0.5) is 5.69 Å². The van der Waals surface area contributed by atoms with Crippen LogP contribution in [-0.4, -0.2) is 23.3 Å². The van der Waals surface area contributed by atoms with Gasteiger partial charge in [-0.1, -0.05) is 54.2 Å². The number of fused-ring (bicyclic) bond motifs is 2. The molecular formula is C23H21N3O2S. The number of nitrogens with zero attached hydrogens (tertiary/aromatic N) is 2. The summed E-state index contributed by atoms with van der Waals surface area (Å²) in [5.41, 5.74) is 2.53. The van der Waals surface area contributed by atoms with Crippen LogP contribution in [0.2, 0.25) is 0 Å². The number of benzene rings is 2. The van der Waals surface area contributed by atoms with Crippen molar-refractivity contribution in [2.24, 2.45) is 0 Å². The van der Waals surface area contributed by atoms with Crippen LogP contribution in [0.25, 0.3) is 0 Å². The largest absolute Gasteiger partial charge is 0.352 e. The molecule has 146 valence electrons. The Labute approximate surface area is 174 Å². The quantitative estimate of drug-likeness (QED) is 0.667. The summed E-state index contributed by atoms with van der Waals surface area (Å²) < 4.78 is 0. The van der Waals surface area contributed by atoms with Gasteiger partial charge in [0.05, 0.1) is 11.3 Å². The second kappa shape index (κ2) is 8.92. The highest BCUT2D eigenvalue weighted by Gasteiger charge is 2.27. The lowest BCUT2D eigenvalue weighted by Crippen LogP contribution is -2.33. The molecule has 2 heterocycles. The number of carbonyl (C=O) groups is 2.